The van der Waals surface area contributed by atoms with Crippen molar-refractivity contribution in [3.05, 3.63) is 76.1 Å². The number of anilines is 2. The lowest BCUT2D eigenvalue weighted by Gasteiger charge is -2.10. The van der Waals surface area contributed by atoms with Crippen LogP contribution in [0.2, 0.25) is 5.02 Å². The van der Waals surface area contributed by atoms with E-state index in [2.05, 4.69) is 15.0 Å². The summed E-state index contributed by atoms with van der Waals surface area (Å²) >= 11 is 5.81. The summed E-state index contributed by atoms with van der Waals surface area (Å²) in [6, 6.07) is 12.1. The third-order valence-corrected chi connectivity index (χ3v) is 6.18. The predicted octanol–water partition coefficient (Wildman–Crippen LogP) is 4.54. The van der Waals surface area contributed by atoms with Crippen LogP contribution in [0.3, 0.4) is 0 Å². The van der Waals surface area contributed by atoms with E-state index in [0.717, 1.165) is 0 Å². The number of hydrogen-bond donors (Lipinski definition) is 3. The zero-order valence-corrected chi connectivity index (χ0v) is 18.1. The number of carbonyl (C=O) groups excluding carboxylic acids is 2. The molecule has 0 unspecified atom stereocenters. The van der Waals surface area contributed by atoms with Crippen molar-refractivity contribution in [3.63, 3.8) is 0 Å². The number of benzene rings is 2. The van der Waals surface area contributed by atoms with Gasteiger partial charge in [0.15, 0.2) is 5.78 Å². The molecule has 1 heterocycles. The van der Waals surface area contributed by atoms with Crippen LogP contribution in [0.5, 0.6) is 0 Å². The quantitative estimate of drug-likeness (QED) is 0.484. The van der Waals surface area contributed by atoms with Gasteiger partial charge in [-0.15, -0.1) is 0 Å². The van der Waals surface area contributed by atoms with Crippen LogP contribution in [-0.4, -0.2) is 25.1 Å². The Morgan fingerprint density at radius 3 is 2.03 bits per heavy atom. The molecule has 0 radical (unpaired) electrons. The molecule has 3 aromatic rings. The van der Waals surface area contributed by atoms with Crippen molar-refractivity contribution >= 4 is 44.7 Å². The van der Waals surface area contributed by atoms with Crippen molar-refractivity contribution in [2.75, 3.05) is 10.0 Å². The smallest absolute Gasteiger partial charge is 0.272 e. The number of ketones is 1. The molecule has 2 aromatic carbocycles. The number of rotatable bonds is 6. The molecule has 3 rings (SSSR count). The molecule has 3 N–H and O–H groups in total. The van der Waals surface area contributed by atoms with Gasteiger partial charge in [0.2, 0.25) is 0 Å². The summed E-state index contributed by atoms with van der Waals surface area (Å²) < 4.78 is 27.5. The molecule has 156 valence electrons. The maximum atomic E-state index is 12.6. The average molecular weight is 446 g/mol. The van der Waals surface area contributed by atoms with Crippen LogP contribution in [0.25, 0.3) is 0 Å². The van der Waals surface area contributed by atoms with E-state index in [1.54, 1.807) is 38.1 Å². The Bertz CT molecular complexity index is 1210. The van der Waals surface area contributed by atoms with Crippen LogP contribution >= 0.6 is 11.6 Å². The third kappa shape index (κ3) is 4.55. The fourth-order valence-electron chi connectivity index (χ4n) is 3.15. The van der Waals surface area contributed by atoms with Crippen LogP contribution in [0.4, 0.5) is 11.4 Å². The van der Waals surface area contributed by atoms with E-state index in [9.17, 15) is 18.0 Å². The predicted molar refractivity (Wildman–Crippen MR) is 117 cm³/mol. The topological polar surface area (TPSA) is 108 Å². The first-order chi connectivity index (χ1) is 14.1. The van der Waals surface area contributed by atoms with Gasteiger partial charge in [-0.1, -0.05) is 11.6 Å². The Morgan fingerprint density at radius 1 is 0.933 bits per heavy atom. The van der Waals surface area contributed by atoms with Crippen molar-refractivity contribution in [1.82, 2.24) is 4.98 Å². The molecule has 0 atom stereocenters. The summed E-state index contributed by atoms with van der Waals surface area (Å²) in [5.74, 6) is -0.541. The Kier molecular flexibility index (Phi) is 6.00. The van der Waals surface area contributed by atoms with E-state index in [1.807, 2.05) is 0 Å². The number of amides is 1. The molecule has 30 heavy (non-hydrogen) atoms. The Balaban J connectivity index is 1.76. The molecule has 0 spiro atoms. The van der Waals surface area contributed by atoms with Gasteiger partial charge in [0.25, 0.3) is 15.9 Å². The molecule has 0 aliphatic carbocycles. The molecule has 1 amide bonds. The standard InChI is InChI=1S/C21H20ClN3O4S/c1-12-19(14(3)26)13(2)23-20(12)21(27)24-16-8-10-18(11-9-16)30(28,29)25-17-6-4-15(22)5-7-17/h4-11,23,25H,1-3H3,(H,24,27). The molecular weight excluding hydrogens is 426 g/mol. The second-order valence-corrected chi connectivity index (χ2v) is 8.89. The lowest BCUT2D eigenvalue weighted by atomic mass is 10.1. The molecule has 7 nitrogen and oxygen atoms in total. The molecule has 1 aromatic heterocycles. The minimum absolute atomic E-state index is 0.0428. The van der Waals surface area contributed by atoms with Gasteiger partial charge in [0.1, 0.15) is 5.69 Å². The first-order valence-electron chi connectivity index (χ1n) is 8.98. The van der Waals surface area contributed by atoms with E-state index < -0.39 is 15.9 Å². The third-order valence-electron chi connectivity index (χ3n) is 4.54. The summed E-state index contributed by atoms with van der Waals surface area (Å²) in [6.07, 6.45) is 0. The monoisotopic (exact) mass is 445 g/mol. The highest BCUT2D eigenvalue weighted by Crippen LogP contribution is 2.22. The van der Waals surface area contributed by atoms with Gasteiger partial charge in [-0.05, 0) is 74.9 Å². The molecule has 0 aliphatic rings. The van der Waals surface area contributed by atoms with Crippen molar-refractivity contribution < 1.29 is 18.0 Å². The highest BCUT2D eigenvalue weighted by atomic mass is 35.5. The SMILES string of the molecule is CC(=O)c1c(C)[nH]c(C(=O)Nc2ccc(S(=O)(=O)Nc3ccc(Cl)cc3)cc2)c1C. The number of aryl methyl sites for hydroxylation is 1. The van der Waals surface area contributed by atoms with Crippen LogP contribution in [-0.2, 0) is 10.0 Å². The number of halogens is 1. The largest absolute Gasteiger partial charge is 0.354 e. The van der Waals surface area contributed by atoms with Crippen LogP contribution in [0, 0.1) is 13.8 Å². The van der Waals surface area contributed by atoms with Gasteiger partial charge >= 0.3 is 0 Å². The first kappa shape index (κ1) is 21.6. The normalized spacial score (nSPS) is 11.2. The van der Waals surface area contributed by atoms with E-state index in [-0.39, 0.29) is 10.7 Å². The molecule has 0 fully saturated rings. The zero-order chi connectivity index (χ0) is 22.1. The zero-order valence-electron chi connectivity index (χ0n) is 16.5. The highest BCUT2D eigenvalue weighted by Gasteiger charge is 2.20. The molecule has 0 saturated heterocycles. The Morgan fingerprint density at radius 2 is 1.50 bits per heavy atom. The number of aromatic nitrogens is 1. The first-order valence-corrected chi connectivity index (χ1v) is 10.8. The molecular formula is C21H20ClN3O4S. The number of aromatic amines is 1. The van der Waals surface area contributed by atoms with Gasteiger partial charge in [-0.3, -0.25) is 14.3 Å². The number of H-pyrrole nitrogens is 1. The van der Waals surface area contributed by atoms with Crippen LogP contribution in [0.15, 0.2) is 53.4 Å². The number of Topliss-reactive ketones (excluding diaryl/α,β-unsaturated/α-hetero) is 1. The number of hydrogen-bond acceptors (Lipinski definition) is 4. The fourth-order valence-corrected chi connectivity index (χ4v) is 4.33. The van der Waals surface area contributed by atoms with Crippen molar-refractivity contribution in [2.24, 2.45) is 0 Å². The summed E-state index contributed by atoms with van der Waals surface area (Å²) in [6.45, 7) is 4.88. The summed E-state index contributed by atoms with van der Waals surface area (Å²) in [5, 5.41) is 3.20. The van der Waals surface area contributed by atoms with Crippen LogP contribution < -0.4 is 10.0 Å². The van der Waals surface area contributed by atoms with Crippen molar-refractivity contribution in [2.45, 2.75) is 25.7 Å². The van der Waals surface area contributed by atoms with E-state index in [4.69, 9.17) is 11.6 Å². The summed E-state index contributed by atoms with van der Waals surface area (Å²) in [5.41, 5.74) is 2.79. The number of carbonyl (C=O) groups is 2. The number of nitrogens with one attached hydrogen (secondary N) is 3. The number of sulfonamides is 1. The molecule has 0 saturated carbocycles. The summed E-state index contributed by atoms with van der Waals surface area (Å²) in [7, 11) is -3.79. The summed E-state index contributed by atoms with van der Waals surface area (Å²) in [4.78, 5) is 27.3. The van der Waals surface area contributed by atoms with Gasteiger partial charge < -0.3 is 10.3 Å². The van der Waals surface area contributed by atoms with Gasteiger partial charge in [0, 0.05) is 27.7 Å². The molecule has 9 heteroatoms. The van der Waals surface area contributed by atoms with Crippen molar-refractivity contribution in [3.8, 4) is 0 Å². The van der Waals surface area contributed by atoms with Gasteiger partial charge in [-0.25, -0.2) is 8.42 Å². The Labute approximate surface area is 179 Å². The van der Waals surface area contributed by atoms with Gasteiger partial charge in [-0.2, -0.15) is 0 Å². The Hall–Kier alpha value is -3.10. The van der Waals surface area contributed by atoms with E-state index in [0.29, 0.717) is 38.9 Å². The average Bonchev–Trinajstić information content (AvgIpc) is 2.98. The van der Waals surface area contributed by atoms with Gasteiger partial charge in [0.05, 0.1) is 4.90 Å². The maximum Gasteiger partial charge on any atom is 0.272 e. The second-order valence-electron chi connectivity index (χ2n) is 6.77. The minimum Gasteiger partial charge on any atom is -0.354 e. The maximum absolute atomic E-state index is 12.6. The van der Waals surface area contributed by atoms with Crippen LogP contribution in [0.1, 0.15) is 39.0 Å². The second kappa shape index (κ2) is 8.33. The lowest BCUT2D eigenvalue weighted by Crippen LogP contribution is -2.15. The molecule has 0 bridgehead atoms. The molecule has 0 aliphatic heterocycles. The lowest BCUT2D eigenvalue weighted by molar-refractivity contribution is 0.101. The van der Waals surface area contributed by atoms with E-state index >= 15 is 0 Å². The van der Waals surface area contributed by atoms with Crippen molar-refractivity contribution in [1.29, 1.82) is 0 Å². The minimum atomic E-state index is -3.79. The highest BCUT2D eigenvalue weighted by molar-refractivity contribution is 7.92. The van der Waals surface area contributed by atoms with E-state index in [1.165, 1.54) is 31.2 Å². The fraction of sp³-hybridized carbons (Fsp3) is 0.143.